The molecule has 1 aromatic carbocycles. The SMILES string of the molecule is Cc1c(Br)cccc1COC(=O)c1ccnnc1. The highest BCUT2D eigenvalue weighted by molar-refractivity contribution is 9.10. The molecule has 18 heavy (non-hydrogen) atoms. The van der Waals surface area contributed by atoms with E-state index in [1.165, 1.54) is 12.4 Å². The second-order valence-electron chi connectivity index (χ2n) is 3.73. The van der Waals surface area contributed by atoms with Crippen LogP contribution < -0.4 is 0 Å². The second kappa shape index (κ2) is 5.73. The summed E-state index contributed by atoms with van der Waals surface area (Å²) in [7, 11) is 0. The molecule has 0 fully saturated rings. The van der Waals surface area contributed by atoms with Crippen LogP contribution in [0.5, 0.6) is 0 Å². The Bertz CT molecular complexity index is 558. The lowest BCUT2D eigenvalue weighted by atomic mass is 10.1. The van der Waals surface area contributed by atoms with Crippen LogP contribution in [0.3, 0.4) is 0 Å². The number of esters is 1. The molecule has 0 saturated carbocycles. The summed E-state index contributed by atoms with van der Waals surface area (Å²) < 4.78 is 6.22. The number of ether oxygens (including phenoxy) is 1. The molecule has 1 heterocycles. The number of rotatable bonds is 3. The Labute approximate surface area is 113 Å². The van der Waals surface area contributed by atoms with Gasteiger partial charge in [-0.1, -0.05) is 28.1 Å². The molecule has 0 amide bonds. The van der Waals surface area contributed by atoms with Crippen LogP contribution in [0.4, 0.5) is 0 Å². The van der Waals surface area contributed by atoms with E-state index in [-0.39, 0.29) is 6.61 Å². The minimum Gasteiger partial charge on any atom is -0.457 e. The molecule has 0 aliphatic carbocycles. The van der Waals surface area contributed by atoms with E-state index in [4.69, 9.17) is 4.74 Å². The van der Waals surface area contributed by atoms with Gasteiger partial charge in [0.2, 0.25) is 0 Å². The standard InChI is InChI=1S/C13H11BrN2O2/c1-9-11(3-2-4-12(9)14)8-18-13(17)10-5-6-15-16-7-10/h2-7H,8H2,1H3. The predicted octanol–water partition coefficient (Wildman–Crippen LogP) is 2.90. The minimum atomic E-state index is -0.399. The lowest BCUT2D eigenvalue weighted by molar-refractivity contribution is 0.0471. The average Bonchev–Trinajstić information content (AvgIpc) is 2.41. The Balaban J connectivity index is 2.04. The summed E-state index contributed by atoms with van der Waals surface area (Å²) in [5, 5.41) is 7.24. The summed E-state index contributed by atoms with van der Waals surface area (Å²) in [6.07, 6.45) is 2.84. The molecule has 0 saturated heterocycles. The van der Waals surface area contributed by atoms with Crippen molar-refractivity contribution >= 4 is 21.9 Å². The Hall–Kier alpha value is -1.75. The van der Waals surface area contributed by atoms with Crippen molar-refractivity contribution in [2.24, 2.45) is 0 Å². The largest absolute Gasteiger partial charge is 0.457 e. The Kier molecular flexibility index (Phi) is 4.04. The number of nitrogens with zero attached hydrogens (tertiary/aromatic N) is 2. The van der Waals surface area contributed by atoms with E-state index < -0.39 is 5.97 Å². The van der Waals surface area contributed by atoms with Crippen molar-refractivity contribution in [3.8, 4) is 0 Å². The van der Waals surface area contributed by atoms with Gasteiger partial charge in [0.05, 0.1) is 18.0 Å². The number of carbonyl (C=O) groups excluding carboxylic acids is 1. The molecular weight excluding hydrogens is 296 g/mol. The third-order valence-corrected chi connectivity index (χ3v) is 3.42. The van der Waals surface area contributed by atoms with Crippen LogP contribution in [0, 0.1) is 6.92 Å². The maximum absolute atomic E-state index is 11.7. The van der Waals surface area contributed by atoms with Crippen LogP contribution in [-0.2, 0) is 11.3 Å². The van der Waals surface area contributed by atoms with Gasteiger partial charge in [-0.2, -0.15) is 10.2 Å². The third-order valence-electron chi connectivity index (χ3n) is 2.56. The molecule has 0 radical (unpaired) electrons. The smallest absolute Gasteiger partial charge is 0.340 e. The summed E-state index contributed by atoms with van der Waals surface area (Å²) >= 11 is 3.44. The maximum atomic E-state index is 11.7. The quantitative estimate of drug-likeness (QED) is 0.818. The summed E-state index contributed by atoms with van der Waals surface area (Å²) in [4.78, 5) is 11.7. The molecule has 5 heteroatoms. The van der Waals surface area contributed by atoms with Crippen molar-refractivity contribution in [2.45, 2.75) is 13.5 Å². The van der Waals surface area contributed by atoms with E-state index in [1.54, 1.807) is 6.07 Å². The molecule has 2 aromatic rings. The van der Waals surface area contributed by atoms with Gasteiger partial charge >= 0.3 is 5.97 Å². The molecule has 0 bridgehead atoms. The number of halogens is 1. The highest BCUT2D eigenvalue weighted by Gasteiger charge is 2.09. The van der Waals surface area contributed by atoms with E-state index in [0.29, 0.717) is 5.56 Å². The van der Waals surface area contributed by atoms with Gasteiger partial charge in [0.1, 0.15) is 6.61 Å². The molecule has 0 spiro atoms. The molecule has 0 unspecified atom stereocenters. The fourth-order valence-electron chi connectivity index (χ4n) is 1.45. The predicted molar refractivity (Wildman–Crippen MR) is 70.0 cm³/mol. The molecule has 0 aliphatic rings. The van der Waals surface area contributed by atoms with Gasteiger partial charge in [-0.15, -0.1) is 0 Å². The number of hydrogen-bond acceptors (Lipinski definition) is 4. The number of carbonyl (C=O) groups is 1. The monoisotopic (exact) mass is 306 g/mol. The average molecular weight is 307 g/mol. The molecule has 92 valence electrons. The molecule has 0 aliphatic heterocycles. The van der Waals surface area contributed by atoms with Gasteiger partial charge in [-0.05, 0) is 30.2 Å². The molecule has 0 atom stereocenters. The van der Waals surface area contributed by atoms with Crippen LogP contribution in [0.25, 0.3) is 0 Å². The van der Waals surface area contributed by atoms with Gasteiger partial charge in [-0.25, -0.2) is 4.79 Å². The van der Waals surface area contributed by atoms with Crippen molar-refractivity contribution in [3.05, 3.63) is 57.8 Å². The van der Waals surface area contributed by atoms with Gasteiger partial charge in [0, 0.05) is 4.47 Å². The zero-order valence-corrected chi connectivity index (χ0v) is 11.3. The Morgan fingerprint density at radius 2 is 2.17 bits per heavy atom. The fraction of sp³-hybridized carbons (Fsp3) is 0.154. The van der Waals surface area contributed by atoms with E-state index in [0.717, 1.165) is 15.6 Å². The molecular formula is C13H11BrN2O2. The van der Waals surface area contributed by atoms with Crippen LogP contribution in [0.2, 0.25) is 0 Å². The highest BCUT2D eigenvalue weighted by atomic mass is 79.9. The Morgan fingerprint density at radius 1 is 1.33 bits per heavy atom. The van der Waals surface area contributed by atoms with Crippen LogP contribution >= 0.6 is 15.9 Å². The lowest BCUT2D eigenvalue weighted by Crippen LogP contribution is -2.06. The number of benzene rings is 1. The maximum Gasteiger partial charge on any atom is 0.340 e. The van der Waals surface area contributed by atoms with Gasteiger partial charge < -0.3 is 4.74 Å². The van der Waals surface area contributed by atoms with E-state index in [9.17, 15) is 4.79 Å². The van der Waals surface area contributed by atoms with Crippen LogP contribution in [-0.4, -0.2) is 16.2 Å². The molecule has 0 N–H and O–H groups in total. The first-order chi connectivity index (χ1) is 8.68. The lowest BCUT2D eigenvalue weighted by Gasteiger charge is -2.08. The highest BCUT2D eigenvalue weighted by Crippen LogP contribution is 2.20. The van der Waals surface area contributed by atoms with E-state index in [1.807, 2.05) is 25.1 Å². The van der Waals surface area contributed by atoms with Crippen LogP contribution in [0.15, 0.2) is 41.1 Å². The Morgan fingerprint density at radius 3 is 2.89 bits per heavy atom. The summed E-state index contributed by atoms with van der Waals surface area (Å²) in [6.45, 7) is 2.22. The van der Waals surface area contributed by atoms with Crippen molar-refractivity contribution in [1.29, 1.82) is 0 Å². The summed E-state index contributed by atoms with van der Waals surface area (Å²) in [5.41, 5.74) is 2.44. The minimum absolute atomic E-state index is 0.242. The van der Waals surface area contributed by atoms with E-state index >= 15 is 0 Å². The molecule has 1 aromatic heterocycles. The normalized spacial score (nSPS) is 10.1. The second-order valence-corrected chi connectivity index (χ2v) is 4.59. The first-order valence-electron chi connectivity index (χ1n) is 5.36. The fourth-order valence-corrected chi connectivity index (χ4v) is 1.85. The summed E-state index contributed by atoms with van der Waals surface area (Å²) in [5.74, 6) is -0.399. The molecule has 2 rings (SSSR count). The van der Waals surface area contributed by atoms with Crippen LogP contribution in [0.1, 0.15) is 21.5 Å². The zero-order chi connectivity index (χ0) is 13.0. The van der Waals surface area contributed by atoms with Gasteiger partial charge in [0.15, 0.2) is 0 Å². The van der Waals surface area contributed by atoms with Crippen molar-refractivity contribution in [3.63, 3.8) is 0 Å². The van der Waals surface area contributed by atoms with Gasteiger partial charge in [-0.3, -0.25) is 0 Å². The topological polar surface area (TPSA) is 52.1 Å². The summed E-state index contributed by atoms with van der Waals surface area (Å²) in [6, 6.07) is 7.36. The number of aromatic nitrogens is 2. The first kappa shape index (κ1) is 12.7. The number of hydrogen-bond donors (Lipinski definition) is 0. The van der Waals surface area contributed by atoms with Crippen molar-refractivity contribution < 1.29 is 9.53 Å². The van der Waals surface area contributed by atoms with Crippen molar-refractivity contribution in [2.75, 3.05) is 0 Å². The third kappa shape index (κ3) is 2.92. The van der Waals surface area contributed by atoms with Crippen molar-refractivity contribution in [1.82, 2.24) is 10.2 Å². The van der Waals surface area contributed by atoms with E-state index in [2.05, 4.69) is 26.1 Å². The molecule has 4 nitrogen and oxygen atoms in total. The zero-order valence-electron chi connectivity index (χ0n) is 9.76. The van der Waals surface area contributed by atoms with Gasteiger partial charge in [0.25, 0.3) is 0 Å². The first-order valence-corrected chi connectivity index (χ1v) is 6.15.